The first-order valence-electron chi connectivity index (χ1n) is 10.6. The van der Waals surface area contributed by atoms with Crippen LogP contribution in [0.5, 0.6) is 11.5 Å². The minimum atomic E-state index is -0.659. The monoisotopic (exact) mass is 425 g/mol. The number of hydrogen-bond acceptors (Lipinski definition) is 6. The summed E-state index contributed by atoms with van der Waals surface area (Å²) < 4.78 is 16.6. The molecule has 0 radical (unpaired) electrons. The van der Waals surface area contributed by atoms with Crippen LogP contribution < -0.4 is 9.47 Å². The number of benzene rings is 1. The molecule has 166 valence electrons. The summed E-state index contributed by atoms with van der Waals surface area (Å²) in [5, 5.41) is 0. The van der Waals surface area contributed by atoms with Crippen molar-refractivity contribution in [2.24, 2.45) is 16.3 Å². The molecule has 3 rings (SSSR count). The average Bonchev–Trinajstić information content (AvgIpc) is 2.70. The van der Waals surface area contributed by atoms with Crippen molar-refractivity contribution in [3.05, 3.63) is 47.7 Å². The maximum atomic E-state index is 13.3. The third-order valence-corrected chi connectivity index (χ3v) is 5.75. The average molecular weight is 426 g/mol. The molecule has 1 aromatic rings. The van der Waals surface area contributed by atoms with Gasteiger partial charge in [-0.05, 0) is 43.4 Å². The molecular weight excluding hydrogens is 394 g/mol. The maximum Gasteiger partial charge on any atom is 0.315 e. The van der Waals surface area contributed by atoms with Crippen molar-refractivity contribution >= 4 is 17.5 Å². The summed E-state index contributed by atoms with van der Waals surface area (Å²) in [6.45, 7) is 12.0. The summed E-state index contributed by atoms with van der Waals surface area (Å²) >= 11 is 0. The molecule has 1 unspecified atom stereocenters. The maximum absolute atomic E-state index is 13.3. The highest BCUT2D eigenvalue weighted by Gasteiger charge is 2.46. The van der Waals surface area contributed by atoms with Crippen LogP contribution in [0.1, 0.15) is 52.0 Å². The number of nitrogens with zero attached hydrogens (tertiary/aromatic N) is 1. The number of esters is 1. The molecule has 6 nitrogen and oxygen atoms in total. The zero-order chi connectivity index (χ0) is 22.8. The van der Waals surface area contributed by atoms with Crippen molar-refractivity contribution in [3.8, 4) is 11.5 Å². The Kier molecular flexibility index (Phi) is 6.68. The summed E-state index contributed by atoms with van der Waals surface area (Å²) in [7, 11) is 1.56. The third-order valence-electron chi connectivity index (χ3n) is 5.75. The van der Waals surface area contributed by atoms with Crippen molar-refractivity contribution in [3.63, 3.8) is 0 Å². The molecule has 1 aromatic carbocycles. The lowest BCUT2D eigenvalue weighted by Gasteiger charge is -2.39. The van der Waals surface area contributed by atoms with Crippen molar-refractivity contribution in [2.75, 3.05) is 20.3 Å². The van der Waals surface area contributed by atoms with Crippen molar-refractivity contribution in [2.45, 2.75) is 46.5 Å². The molecule has 1 heterocycles. The molecule has 2 atom stereocenters. The molecular formula is C25H31NO5. The third kappa shape index (κ3) is 4.58. The zero-order valence-corrected chi connectivity index (χ0v) is 19.0. The molecule has 1 aliphatic heterocycles. The van der Waals surface area contributed by atoms with Crippen LogP contribution in [0.2, 0.25) is 0 Å². The van der Waals surface area contributed by atoms with Crippen LogP contribution in [0.4, 0.5) is 0 Å². The Morgan fingerprint density at radius 1 is 1.29 bits per heavy atom. The zero-order valence-electron chi connectivity index (χ0n) is 19.0. The molecule has 0 aromatic heterocycles. The lowest BCUT2D eigenvalue weighted by Crippen LogP contribution is -2.39. The number of allylic oxidation sites excluding steroid dienone is 2. The fraction of sp³-hybridized carbons (Fsp3) is 0.480. The number of carbonyl (C=O) groups excluding carboxylic acids is 2. The number of carbonyl (C=O) groups is 2. The fourth-order valence-corrected chi connectivity index (χ4v) is 4.49. The molecule has 6 heteroatoms. The van der Waals surface area contributed by atoms with Crippen LogP contribution in [0, 0.1) is 11.3 Å². The van der Waals surface area contributed by atoms with Gasteiger partial charge in [0.25, 0.3) is 0 Å². The van der Waals surface area contributed by atoms with Gasteiger partial charge in [-0.25, -0.2) is 0 Å². The van der Waals surface area contributed by atoms with Gasteiger partial charge in [-0.2, -0.15) is 0 Å². The number of Topliss-reactive ketones (excluding diaryl/α,β-unsaturated/α-hetero) is 1. The van der Waals surface area contributed by atoms with Gasteiger partial charge in [0.2, 0.25) is 0 Å². The molecule has 0 fully saturated rings. The van der Waals surface area contributed by atoms with E-state index in [9.17, 15) is 9.59 Å². The van der Waals surface area contributed by atoms with E-state index < -0.39 is 11.8 Å². The van der Waals surface area contributed by atoms with E-state index in [1.54, 1.807) is 26.2 Å². The second-order valence-electron chi connectivity index (χ2n) is 8.77. The smallest absolute Gasteiger partial charge is 0.315 e. The lowest BCUT2D eigenvalue weighted by molar-refractivity contribution is -0.146. The predicted molar refractivity (Wildman–Crippen MR) is 120 cm³/mol. The van der Waals surface area contributed by atoms with Gasteiger partial charge < -0.3 is 14.2 Å². The molecule has 0 saturated heterocycles. The Bertz CT molecular complexity index is 957. The van der Waals surface area contributed by atoms with Crippen LogP contribution in [-0.4, -0.2) is 37.8 Å². The van der Waals surface area contributed by atoms with Gasteiger partial charge >= 0.3 is 5.97 Å². The van der Waals surface area contributed by atoms with Crippen molar-refractivity contribution in [1.82, 2.24) is 0 Å². The Balaban J connectivity index is 2.15. The SMILES string of the molecule is C=CCOc1ccc([C@H]2C3=C(CC(C)(C)CC3=O)N=C(C)C2C(=O)OCC)cc1OC. The summed E-state index contributed by atoms with van der Waals surface area (Å²) in [5.74, 6) is -0.360. The summed E-state index contributed by atoms with van der Waals surface area (Å²) in [4.78, 5) is 31.0. The Morgan fingerprint density at radius 3 is 2.68 bits per heavy atom. The van der Waals surface area contributed by atoms with Gasteiger partial charge in [0, 0.05) is 29.3 Å². The van der Waals surface area contributed by atoms with Gasteiger partial charge in [-0.1, -0.05) is 32.6 Å². The number of hydrogen-bond donors (Lipinski definition) is 0. The Labute approximate surface area is 184 Å². The highest BCUT2D eigenvalue weighted by Crippen LogP contribution is 2.48. The number of aliphatic imine (C=N–C) groups is 1. The van der Waals surface area contributed by atoms with E-state index in [0.29, 0.717) is 42.2 Å². The van der Waals surface area contributed by atoms with E-state index >= 15 is 0 Å². The second-order valence-corrected chi connectivity index (χ2v) is 8.77. The Hall–Kier alpha value is -2.89. The highest BCUT2D eigenvalue weighted by molar-refractivity contribution is 6.09. The van der Waals surface area contributed by atoms with Crippen LogP contribution >= 0.6 is 0 Å². The van der Waals surface area contributed by atoms with Gasteiger partial charge in [-0.15, -0.1) is 0 Å². The molecule has 0 amide bonds. The van der Waals surface area contributed by atoms with Gasteiger partial charge in [-0.3, -0.25) is 14.6 Å². The molecule has 0 bridgehead atoms. The van der Waals surface area contributed by atoms with Crippen molar-refractivity contribution < 1.29 is 23.8 Å². The fourth-order valence-electron chi connectivity index (χ4n) is 4.49. The minimum absolute atomic E-state index is 0.0350. The number of ketones is 1. The predicted octanol–water partition coefficient (Wildman–Crippen LogP) is 4.64. The summed E-state index contributed by atoms with van der Waals surface area (Å²) in [5.41, 5.74) is 2.69. The quantitative estimate of drug-likeness (QED) is 0.470. The first-order valence-corrected chi connectivity index (χ1v) is 10.6. The van der Waals surface area contributed by atoms with Gasteiger partial charge in [0.15, 0.2) is 17.3 Å². The topological polar surface area (TPSA) is 74.2 Å². The lowest BCUT2D eigenvalue weighted by atomic mass is 9.67. The van der Waals surface area contributed by atoms with Gasteiger partial charge in [0.05, 0.1) is 13.7 Å². The first-order chi connectivity index (χ1) is 14.7. The van der Waals surface area contributed by atoms with E-state index in [4.69, 9.17) is 19.2 Å². The van der Waals surface area contributed by atoms with Crippen LogP contribution in [-0.2, 0) is 14.3 Å². The second kappa shape index (κ2) is 9.08. The van der Waals surface area contributed by atoms with Crippen LogP contribution in [0.3, 0.4) is 0 Å². The molecule has 0 spiro atoms. The molecule has 0 N–H and O–H groups in total. The largest absolute Gasteiger partial charge is 0.493 e. The molecule has 1 aliphatic carbocycles. The summed E-state index contributed by atoms with van der Waals surface area (Å²) in [6.07, 6.45) is 2.77. The van der Waals surface area contributed by atoms with Crippen molar-refractivity contribution in [1.29, 1.82) is 0 Å². The van der Waals surface area contributed by atoms with E-state index in [2.05, 4.69) is 20.4 Å². The van der Waals surface area contributed by atoms with Crippen LogP contribution in [0.15, 0.2) is 47.1 Å². The minimum Gasteiger partial charge on any atom is -0.493 e. The standard InChI is InChI=1S/C25H31NO5/c1-7-11-31-19-10-9-16(12-20(19)29-6)22-21(24(28)30-8-2)15(3)26-17-13-25(4,5)14-18(27)23(17)22/h7,9-10,12,21-22H,1,8,11,13-14H2,2-6H3/t21?,22-/m1/s1. The normalized spacial score (nSPS) is 22.4. The number of rotatable bonds is 7. The van der Waals surface area contributed by atoms with Crippen LogP contribution in [0.25, 0.3) is 0 Å². The van der Waals surface area contributed by atoms with E-state index in [1.807, 2.05) is 19.1 Å². The molecule has 2 aliphatic rings. The van der Waals surface area contributed by atoms with E-state index in [1.165, 1.54) is 0 Å². The summed E-state index contributed by atoms with van der Waals surface area (Å²) in [6, 6.07) is 5.53. The first kappa shape index (κ1) is 22.8. The molecule has 0 saturated carbocycles. The van der Waals surface area contributed by atoms with Gasteiger partial charge in [0.1, 0.15) is 12.5 Å². The van der Waals surface area contributed by atoms with E-state index in [-0.39, 0.29) is 23.8 Å². The number of ether oxygens (including phenoxy) is 3. The number of methoxy groups -OCH3 is 1. The molecule has 31 heavy (non-hydrogen) atoms. The van der Waals surface area contributed by atoms with E-state index in [0.717, 1.165) is 11.3 Å². The highest BCUT2D eigenvalue weighted by atomic mass is 16.5. The Morgan fingerprint density at radius 2 is 2.03 bits per heavy atom.